The molecule has 0 amide bonds. The lowest BCUT2D eigenvalue weighted by Gasteiger charge is -2.14. The van der Waals surface area contributed by atoms with Crippen LogP contribution in [-0.4, -0.2) is 48.1 Å². The molecule has 0 spiro atoms. The summed E-state index contributed by atoms with van der Waals surface area (Å²) < 4.78 is 0. The molecule has 0 aliphatic carbocycles. The van der Waals surface area contributed by atoms with Crippen LogP contribution in [0.3, 0.4) is 0 Å². The minimum Gasteiger partial charge on any atom is -0.338 e. The number of likely N-dealkylation sites (tertiary alicyclic amines) is 1. The number of aromatic amines is 2. The van der Waals surface area contributed by atoms with E-state index in [1.807, 2.05) is 24.8 Å². The number of H-pyrrole nitrogens is 2. The first kappa shape index (κ1) is 20.5. The van der Waals surface area contributed by atoms with Crippen LogP contribution in [-0.2, 0) is 6.54 Å². The highest BCUT2D eigenvalue weighted by Crippen LogP contribution is 2.34. The number of hydrogen-bond donors (Lipinski definition) is 2. The molecule has 6 aromatic rings. The topological polar surface area (TPSA) is 86.4 Å². The maximum absolute atomic E-state index is 4.70. The van der Waals surface area contributed by atoms with Crippen LogP contribution in [0.1, 0.15) is 18.4 Å². The molecule has 0 atom stereocenters. The fraction of sp³-hybridized carbons (Fsp3) is 0.185. The van der Waals surface area contributed by atoms with Gasteiger partial charge < -0.3 is 4.98 Å². The summed E-state index contributed by atoms with van der Waals surface area (Å²) in [7, 11) is 0. The van der Waals surface area contributed by atoms with Crippen molar-refractivity contribution in [3.63, 3.8) is 0 Å². The summed E-state index contributed by atoms with van der Waals surface area (Å²) in [5, 5.41) is 14.1. The average molecular weight is 478 g/mol. The first-order valence-corrected chi connectivity index (χ1v) is 12.8. The summed E-state index contributed by atoms with van der Waals surface area (Å²) in [4.78, 5) is 19.7. The molecule has 0 radical (unpaired) electrons. The molecule has 0 unspecified atom stereocenters. The molecule has 1 aliphatic heterocycles. The number of aromatic nitrogens is 6. The first-order valence-electron chi connectivity index (χ1n) is 11.8. The molecule has 7 nitrogen and oxygen atoms in total. The third-order valence-electron chi connectivity index (χ3n) is 6.76. The van der Waals surface area contributed by atoms with Gasteiger partial charge in [-0.3, -0.25) is 20.0 Å². The minimum atomic E-state index is 0.855. The summed E-state index contributed by atoms with van der Waals surface area (Å²) in [6.45, 7) is 3.27. The summed E-state index contributed by atoms with van der Waals surface area (Å²) in [5.41, 5.74) is 9.05. The van der Waals surface area contributed by atoms with Gasteiger partial charge in [-0.1, -0.05) is 0 Å². The number of thiophene rings is 1. The van der Waals surface area contributed by atoms with E-state index in [1.54, 1.807) is 11.3 Å². The fourth-order valence-electron chi connectivity index (χ4n) is 5.02. The quantitative estimate of drug-likeness (QED) is 0.323. The molecule has 0 saturated carbocycles. The van der Waals surface area contributed by atoms with Gasteiger partial charge >= 0.3 is 0 Å². The van der Waals surface area contributed by atoms with E-state index in [1.165, 1.54) is 42.6 Å². The van der Waals surface area contributed by atoms with E-state index in [-0.39, 0.29) is 0 Å². The Hall–Kier alpha value is -3.88. The Morgan fingerprint density at radius 2 is 1.89 bits per heavy atom. The molecular weight excluding hydrogens is 454 g/mol. The summed E-state index contributed by atoms with van der Waals surface area (Å²) in [5.74, 6) is 0. The highest BCUT2D eigenvalue weighted by molar-refractivity contribution is 7.08. The molecular formula is C27H23N7S. The van der Waals surface area contributed by atoms with Gasteiger partial charge in [-0.25, -0.2) is 4.98 Å². The monoisotopic (exact) mass is 477 g/mol. The molecule has 6 aromatic heterocycles. The molecule has 35 heavy (non-hydrogen) atoms. The number of nitrogens with zero attached hydrogens (tertiary/aromatic N) is 5. The molecule has 2 N–H and O–H groups in total. The highest BCUT2D eigenvalue weighted by Gasteiger charge is 2.16. The van der Waals surface area contributed by atoms with Crippen LogP contribution in [0.4, 0.5) is 0 Å². The van der Waals surface area contributed by atoms with E-state index >= 15 is 0 Å². The van der Waals surface area contributed by atoms with Gasteiger partial charge in [0.25, 0.3) is 0 Å². The van der Waals surface area contributed by atoms with Crippen LogP contribution in [0.15, 0.2) is 65.9 Å². The van der Waals surface area contributed by atoms with Crippen LogP contribution < -0.4 is 0 Å². The van der Waals surface area contributed by atoms with Gasteiger partial charge in [0.15, 0.2) is 0 Å². The van der Waals surface area contributed by atoms with Crippen LogP contribution in [0.25, 0.3) is 55.7 Å². The molecule has 1 aliphatic rings. The Labute approximate surface area is 205 Å². The number of rotatable bonds is 5. The predicted octanol–water partition coefficient (Wildman–Crippen LogP) is 5.89. The second-order valence-electron chi connectivity index (χ2n) is 9.07. The smallest absolute Gasteiger partial charge is 0.138 e. The standard InChI is InChI=1S/C27H23N7S/c1-2-7-34(6-1)15-17-9-19(13-28-12-17)23-11-22-25(14-30-23)32-33-26(22)24-10-21-20(18-4-8-35-16-18)3-5-29-27(21)31-24/h3-5,8-14,16H,1-2,6-7,15H2,(H,29,31)(H,32,33). The van der Waals surface area contributed by atoms with Gasteiger partial charge in [0.2, 0.25) is 0 Å². The van der Waals surface area contributed by atoms with Crippen molar-refractivity contribution in [2.24, 2.45) is 0 Å². The Kier molecular flexibility index (Phi) is 4.92. The van der Waals surface area contributed by atoms with Gasteiger partial charge in [0, 0.05) is 41.5 Å². The number of fused-ring (bicyclic) bond motifs is 2. The molecule has 8 heteroatoms. The van der Waals surface area contributed by atoms with E-state index in [9.17, 15) is 0 Å². The van der Waals surface area contributed by atoms with Crippen molar-refractivity contribution in [1.29, 1.82) is 0 Å². The van der Waals surface area contributed by atoms with Crippen LogP contribution in [0.2, 0.25) is 0 Å². The van der Waals surface area contributed by atoms with Crippen molar-refractivity contribution in [3.05, 3.63) is 71.4 Å². The lowest BCUT2D eigenvalue weighted by atomic mass is 10.1. The third kappa shape index (κ3) is 3.71. The van der Waals surface area contributed by atoms with Gasteiger partial charge in [-0.15, -0.1) is 0 Å². The molecule has 0 bridgehead atoms. The second kappa shape index (κ2) is 8.41. The van der Waals surface area contributed by atoms with Crippen molar-refractivity contribution in [2.45, 2.75) is 19.4 Å². The Balaban J connectivity index is 1.28. The number of pyridine rings is 3. The van der Waals surface area contributed by atoms with E-state index < -0.39 is 0 Å². The maximum atomic E-state index is 4.70. The summed E-state index contributed by atoms with van der Waals surface area (Å²) in [6.07, 6.45) is 10.1. The molecule has 1 fully saturated rings. The zero-order valence-electron chi connectivity index (χ0n) is 19.0. The molecule has 7 heterocycles. The normalized spacial score (nSPS) is 14.4. The highest BCUT2D eigenvalue weighted by atomic mass is 32.1. The summed E-state index contributed by atoms with van der Waals surface area (Å²) >= 11 is 1.70. The van der Waals surface area contributed by atoms with Crippen LogP contribution in [0, 0.1) is 0 Å². The van der Waals surface area contributed by atoms with Crippen molar-refractivity contribution in [3.8, 4) is 33.8 Å². The first-order chi connectivity index (χ1) is 17.3. The van der Waals surface area contributed by atoms with Crippen molar-refractivity contribution < 1.29 is 0 Å². The van der Waals surface area contributed by atoms with Gasteiger partial charge in [-0.05, 0) is 83.7 Å². The SMILES string of the molecule is c1cc(-c2ccsc2)c2cc(-c3n[nH]c4cnc(-c5cncc(CN6CCCC6)c5)cc34)[nH]c2n1. The second-order valence-corrected chi connectivity index (χ2v) is 9.85. The third-order valence-corrected chi connectivity index (χ3v) is 7.45. The Morgan fingerprint density at radius 3 is 2.77 bits per heavy atom. The summed E-state index contributed by atoms with van der Waals surface area (Å²) in [6, 6.07) is 10.7. The maximum Gasteiger partial charge on any atom is 0.138 e. The van der Waals surface area contributed by atoms with Gasteiger partial charge in [-0.2, -0.15) is 16.4 Å². The zero-order chi connectivity index (χ0) is 23.2. The van der Waals surface area contributed by atoms with Gasteiger partial charge in [0.05, 0.1) is 23.1 Å². The average Bonchev–Trinajstić information content (AvgIpc) is 3.70. The molecule has 7 rings (SSSR count). The number of nitrogens with one attached hydrogen (secondary N) is 2. The lowest BCUT2D eigenvalue weighted by Crippen LogP contribution is -2.18. The lowest BCUT2D eigenvalue weighted by molar-refractivity contribution is 0.331. The zero-order valence-corrected chi connectivity index (χ0v) is 19.8. The molecule has 0 aromatic carbocycles. The Morgan fingerprint density at radius 1 is 0.943 bits per heavy atom. The van der Waals surface area contributed by atoms with E-state index in [0.717, 1.165) is 51.1 Å². The predicted molar refractivity (Wildman–Crippen MR) is 140 cm³/mol. The molecule has 1 saturated heterocycles. The van der Waals surface area contributed by atoms with Gasteiger partial charge in [0.1, 0.15) is 11.3 Å². The van der Waals surface area contributed by atoms with Crippen molar-refractivity contribution in [2.75, 3.05) is 13.1 Å². The van der Waals surface area contributed by atoms with E-state index in [2.05, 4.69) is 71.1 Å². The largest absolute Gasteiger partial charge is 0.338 e. The van der Waals surface area contributed by atoms with E-state index in [0.29, 0.717) is 0 Å². The number of hydrogen-bond acceptors (Lipinski definition) is 6. The van der Waals surface area contributed by atoms with E-state index in [4.69, 9.17) is 4.98 Å². The van der Waals surface area contributed by atoms with Crippen molar-refractivity contribution >= 4 is 33.3 Å². The van der Waals surface area contributed by atoms with Crippen LogP contribution >= 0.6 is 11.3 Å². The minimum absolute atomic E-state index is 0.855. The fourth-order valence-corrected chi connectivity index (χ4v) is 5.67. The van der Waals surface area contributed by atoms with Crippen molar-refractivity contribution in [1.82, 2.24) is 35.0 Å². The van der Waals surface area contributed by atoms with Crippen LogP contribution in [0.5, 0.6) is 0 Å². The Bertz CT molecular complexity index is 1640. The molecule has 172 valence electrons.